The molecule has 0 aliphatic carbocycles. The second-order valence-electron chi connectivity index (χ2n) is 4.02. The van der Waals surface area contributed by atoms with Crippen LogP contribution in [0.1, 0.15) is 10.4 Å². The Hall–Kier alpha value is -1.82. The highest BCUT2D eigenvalue weighted by atomic mass is 32.2. The molecule has 2 aromatic rings. The molecule has 0 atom stereocenters. The molecule has 0 saturated carbocycles. The van der Waals surface area contributed by atoms with Gasteiger partial charge >= 0.3 is 5.97 Å². The highest BCUT2D eigenvalue weighted by molar-refractivity contribution is 7.99. The van der Waals surface area contributed by atoms with Gasteiger partial charge in [-0.1, -0.05) is 35.7 Å². The van der Waals surface area contributed by atoms with Gasteiger partial charge in [0.25, 0.3) is 9.04 Å². The maximum absolute atomic E-state index is 11.2. The molecule has 0 spiro atoms. The van der Waals surface area contributed by atoms with E-state index in [4.69, 9.17) is 5.11 Å². The van der Waals surface area contributed by atoms with Crippen LogP contribution in [0.15, 0.2) is 70.6 Å². The van der Waals surface area contributed by atoms with E-state index in [2.05, 4.69) is 6.58 Å². The van der Waals surface area contributed by atoms with Gasteiger partial charge in [0.05, 0.1) is 5.56 Å². The number of rotatable bonds is 5. The Morgan fingerprint density at radius 1 is 1.15 bits per heavy atom. The third-order valence-electron chi connectivity index (χ3n) is 2.67. The summed E-state index contributed by atoms with van der Waals surface area (Å²) in [7, 11) is -2.02. The predicted octanol–water partition coefficient (Wildman–Crippen LogP) is 2.45. The van der Waals surface area contributed by atoms with E-state index in [0.717, 1.165) is 9.79 Å². The molecule has 20 heavy (non-hydrogen) atoms. The Morgan fingerprint density at radius 3 is 2.45 bits per heavy atom. The Balaban J connectivity index is 2.37. The average molecular weight is 301 g/mol. The summed E-state index contributed by atoms with van der Waals surface area (Å²) in [4.78, 5) is 23.1. The predicted molar refractivity (Wildman–Crippen MR) is 81.8 cm³/mol. The van der Waals surface area contributed by atoms with Gasteiger partial charge in [0.1, 0.15) is 0 Å². The molecular weight excluding hydrogens is 288 g/mol. The minimum Gasteiger partial charge on any atom is -0.478 e. The molecule has 0 bridgehead atoms. The normalized spacial score (nSPS) is 10.5. The van der Waals surface area contributed by atoms with Crippen molar-refractivity contribution in [2.75, 3.05) is 0 Å². The largest absolute Gasteiger partial charge is 0.478 e. The van der Waals surface area contributed by atoms with E-state index in [1.54, 1.807) is 12.1 Å². The van der Waals surface area contributed by atoms with E-state index in [-0.39, 0.29) is 5.56 Å². The summed E-state index contributed by atoms with van der Waals surface area (Å²) >= 11 is 1.53. The molecule has 101 valence electrons. The molecule has 0 aliphatic heterocycles. The lowest BCUT2D eigenvalue weighted by atomic mass is 10.2. The number of hydrogen-bond acceptors (Lipinski definition) is 3. The van der Waals surface area contributed by atoms with Crippen molar-refractivity contribution in [3.63, 3.8) is 0 Å². The number of aromatic carboxylic acids is 1. The molecule has 0 aromatic heterocycles. The van der Waals surface area contributed by atoms with Gasteiger partial charge in [-0.3, -0.25) is 0 Å². The zero-order valence-corrected chi connectivity index (χ0v) is 12.4. The maximum Gasteiger partial charge on any atom is 0.335 e. The maximum atomic E-state index is 11.2. The van der Waals surface area contributed by atoms with E-state index in [1.165, 1.54) is 23.5 Å². The highest BCUT2D eigenvalue weighted by Crippen LogP contribution is 2.27. The van der Waals surface area contributed by atoms with E-state index >= 15 is 0 Å². The van der Waals surface area contributed by atoms with Gasteiger partial charge in [0.2, 0.25) is 0 Å². The number of carbonyl (C=O) groups is 1. The van der Waals surface area contributed by atoms with Gasteiger partial charge in [-0.2, -0.15) is 0 Å². The van der Waals surface area contributed by atoms with Gasteiger partial charge < -0.3 is 9.90 Å². The summed E-state index contributed by atoms with van der Waals surface area (Å²) in [6.45, 7) is 3.55. The smallest absolute Gasteiger partial charge is 0.335 e. The van der Waals surface area contributed by atoms with Gasteiger partial charge in [-0.05, 0) is 35.5 Å². The molecule has 0 amide bonds. The summed E-state index contributed by atoms with van der Waals surface area (Å²) in [6, 6.07) is 14.8. The van der Waals surface area contributed by atoms with Crippen molar-refractivity contribution < 1.29 is 14.7 Å². The van der Waals surface area contributed by atoms with Crippen LogP contribution in [0, 0.1) is 0 Å². The Kier molecular flexibility index (Phi) is 4.78. The van der Waals surface area contributed by atoms with Crippen molar-refractivity contribution in [3.8, 4) is 0 Å². The fourth-order valence-electron chi connectivity index (χ4n) is 1.72. The molecule has 2 N–H and O–H groups in total. The van der Waals surface area contributed by atoms with E-state index in [1.807, 2.05) is 30.3 Å². The Labute approximate surface area is 123 Å². The number of carboxylic acid groups (broad SMARTS) is 1. The van der Waals surface area contributed by atoms with Crippen LogP contribution in [0.25, 0.3) is 0 Å². The van der Waals surface area contributed by atoms with E-state index in [9.17, 15) is 9.59 Å². The first-order valence-electron chi connectivity index (χ1n) is 5.91. The minimum absolute atomic E-state index is 0.138. The Bertz CT molecular complexity index is 628. The molecule has 5 heteroatoms. The van der Waals surface area contributed by atoms with Gasteiger partial charge in [0, 0.05) is 9.79 Å². The average Bonchev–Trinajstić information content (AvgIpc) is 2.47. The van der Waals surface area contributed by atoms with Crippen LogP contribution in [-0.2, 0) is 0 Å². The molecule has 2 rings (SSSR count). The molecule has 0 fully saturated rings. The number of carboxylic acids is 1. The van der Waals surface area contributed by atoms with Gasteiger partial charge in [-0.15, -0.1) is 6.58 Å². The van der Waals surface area contributed by atoms with Crippen LogP contribution in [-0.4, -0.2) is 24.9 Å². The lowest BCUT2D eigenvalue weighted by Crippen LogP contribution is -2.33. The fraction of sp³-hybridized carbons (Fsp3) is 0. The van der Waals surface area contributed by atoms with Crippen molar-refractivity contribution in [1.29, 1.82) is 0 Å². The topological polar surface area (TPSA) is 57.5 Å². The standard InChI is InChI=1S/C15H13O3SSi/c1-2-20(18)14-10-12(8-9-13(14)15(16)17)19-11-6-4-3-5-7-11/h2-10,18H,1H2,(H,16,17). The highest BCUT2D eigenvalue weighted by Gasteiger charge is 2.18. The van der Waals surface area contributed by atoms with E-state index < -0.39 is 15.0 Å². The zero-order chi connectivity index (χ0) is 14.5. The van der Waals surface area contributed by atoms with Crippen molar-refractivity contribution in [3.05, 3.63) is 66.4 Å². The molecule has 1 radical (unpaired) electrons. The third kappa shape index (κ3) is 3.39. The monoisotopic (exact) mass is 301 g/mol. The van der Waals surface area contributed by atoms with Crippen molar-refractivity contribution in [2.24, 2.45) is 0 Å². The van der Waals surface area contributed by atoms with Crippen LogP contribution in [0.4, 0.5) is 0 Å². The summed E-state index contributed by atoms with van der Waals surface area (Å²) in [6.07, 6.45) is 0. The third-order valence-corrected chi connectivity index (χ3v) is 5.02. The lowest BCUT2D eigenvalue weighted by molar-refractivity contribution is 0.0698. The first kappa shape index (κ1) is 14.6. The molecule has 0 unspecified atom stereocenters. The molecule has 0 aliphatic rings. The van der Waals surface area contributed by atoms with Crippen LogP contribution < -0.4 is 5.19 Å². The van der Waals surface area contributed by atoms with Crippen molar-refractivity contribution >= 4 is 32.0 Å². The van der Waals surface area contributed by atoms with Crippen LogP contribution in [0.3, 0.4) is 0 Å². The second kappa shape index (κ2) is 6.56. The van der Waals surface area contributed by atoms with Crippen molar-refractivity contribution in [1.82, 2.24) is 0 Å². The van der Waals surface area contributed by atoms with E-state index in [0.29, 0.717) is 5.19 Å². The van der Waals surface area contributed by atoms with Crippen molar-refractivity contribution in [2.45, 2.75) is 9.79 Å². The first-order chi connectivity index (χ1) is 9.61. The van der Waals surface area contributed by atoms with Crippen LogP contribution in [0.2, 0.25) is 0 Å². The van der Waals surface area contributed by atoms with Gasteiger partial charge in [-0.25, -0.2) is 4.79 Å². The Morgan fingerprint density at radius 2 is 1.85 bits per heavy atom. The minimum atomic E-state index is -2.02. The number of benzene rings is 2. The molecule has 0 saturated heterocycles. The molecule has 3 nitrogen and oxygen atoms in total. The first-order valence-corrected chi connectivity index (χ1v) is 8.25. The van der Waals surface area contributed by atoms with Crippen LogP contribution in [0.5, 0.6) is 0 Å². The summed E-state index contributed by atoms with van der Waals surface area (Å²) in [5.74, 6) is -1.03. The summed E-state index contributed by atoms with van der Waals surface area (Å²) in [5.41, 5.74) is 1.56. The second-order valence-corrected chi connectivity index (χ2v) is 6.88. The SMILES string of the molecule is C=C[Si](O)c1cc(Sc2ccccc2)ccc1C(=O)O. The molecular formula is C15H13O3SSi. The van der Waals surface area contributed by atoms with Gasteiger partial charge in [0.15, 0.2) is 0 Å². The zero-order valence-electron chi connectivity index (χ0n) is 10.6. The fourth-order valence-corrected chi connectivity index (χ4v) is 3.69. The lowest BCUT2D eigenvalue weighted by Gasteiger charge is -2.10. The quantitative estimate of drug-likeness (QED) is 0.833. The molecule has 0 heterocycles. The summed E-state index contributed by atoms with van der Waals surface area (Å²) < 4.78 is 0. The van der Waals surface area contributed by atoms with Crippen LogP contribution >= 0.6 is 11.8 Å². The molecule has 2 aromatic carbocycles. The summed E-state index contributed by atoms with van der Waals surface area (Å²) in [5, 5.41) is 9.61. The number of hydrogen-bond donors (Lipinski definition) is 2.